The van der Waals surface area contributed by atoms with Crippen molar-refractivity contribution in [2.24, 2.45) is 0 Å². The largest absolute Gasteiger partial charge is 0.327 e. The van der Waals surface area contributed by atoms with Crippen LogP contribution in [0.4, 0.5) is 4.79 Å². The Labute approximate surface area is 200 Å². The molecule has 2 saturated heterocycles. The van der Waals surface area contributed by atoms with Gasteiger partial charge in [-0.2, -0.15) is 5.10 Å². The first kappa shape index (κ1) is 22.3. The number of rotatable bonds is 7. The molecule has 0 bridgehead atoms. The lowest BCUT2D eigenvalue weighted by molar-refractivity contribution is -0.136. The van der Waals surface area contributed by atoms with Gasteiger partial charge < -0.3 is 4.90 Å². The highest BCUT2D eigenvalue weighted by Gasteiger charge is 2.57. The fourth-order valence-electron chi connectivity index (χ4n) is 5.31. The molecule has 34 heavy (non-hydrogen) atoms. The number of aromatic nitrogens is 2. The number of benzene rings is 2. The minimum absolute atomic E-state index is 0.0391. The molecule has 3 heterocycles. The van der Waals surface area contributed by atoms with Crippen LogP contribution in [0.1, 0.15) is 37.3 Å². The lowest BCUT2D eigenvalue weighted by Gasteiger charge is -2.42. The number of urea groups is 1. The highest BCUT2D eigenvalue weighted by molar-refractivity contribution is 6.07. The molecule has 2 aliphatic heterocycles. The third-order valence-corrected chi connectivity index (χ3v) is 7.11. The van der Waals surface area contributed by atoms with E-state index in [1.165, 1.54) is 4.90 Å². The Balaban J connectivity index is 1.31. The molecule has 3 amide bonds. The Bertz CT molecular complexity index is 1140. The number of nitrogens with zero attached hydrogens (tertiary/aromatic N) is 4. The van der Waals surface area contributed by atoms with E-state index in [9.17, 15) is 9.59 Å². The molecule has 5 rings (SSSR count). The van der Waals surface area contributed by atoms with Crippen LogP contribution in [-0.4, -0.2) is 62.0 Å². The number of amides is 3. The Hall–Kier alpha value is -3.45. The Morgan fingerprint density at radius 3 is 2.29 bits per heavy atom. The number of carbonyl (C=O) groups is 2. The molecule has 2 aromatic carbocycles. The molecule has 176 valence electrons. The fraction of sp³-hybridized carbons (Fsp3) is 0.370. The molecule has 0 atom stereocenters. The van der Waals surface area contributed by atoms with Crippen LogP contribution in [0.2, 0.25) is 0 Å². The minimum Gasteiger partial charge on any atom is -0.309 e. The van der Waals surface area contributed by atoms with Crippen molar-refractivity contribution in [2.75, 3.05) is 19.6 Å². The molecule has 0 saturated carbocycles. The first-order valence-electron chi connectivity index (χ1n) is 12.1. The molecule has 0 radical (unpaired) electrons. The number of H-pyrrole nitrogens is 1. The standard InChI is InChI=1S/C27H31N5O2/c1-2-15-32-26(34)31(19-21-9-5-3-6-10-21)25(33)27(32)13-16-30(17-14-27)20-23-18-28-29-24(23)22-11-7-4-8-12-22/h3-12,18H,2,13-17,19-20H2,1H3,(H,28,29). The highest BCUT2D eigenvalue weighted by atomic mass is 16.2. The summed E-state index contributed by atoms with van der Waals surface area (Å²) in [4.78, 5) is 32.7. The highest BCUT2D eigenvalue weighted by Crippen LogP contribution is 2.38. The van der Waals surface area contributed by atoms with Crippen LogP contribution in [0.25, 0.3) is 11.3 Å². The molecule has 1 spiro atoms. The van der Waals surface area contributed by atoms with Gasteiger partial charge in [0.1, 0.15) is 5.54 Å². The van der Waals surface area contributed by atoms with Gasteiger partial charge in [-0.25, -0.2) is 4.79 Å². The summed E-state index contributed by atoms with van der Waals surface area (Å²) in [7, 11) is 0. The number of hydrogen-bond donors (Lipinski definition) is 1. The molecule has 2 aliphatic rings. The smallest absolute Gasteiger partial charge is 0.309 e. The van der Waals surface area contributed by atoms with Crippen molar-refractivity contribution < 1.29 is 9.59 Å². The van der Waals surface area contributed by atoms with E-state index < -0.39 is 5.54 Å². The van der Waals surface area contributed by atoms with Crippen molar-refractivity contribution in [1.29, 1.82) is 0 Å². The molecule has 2 fully saturated rings. The van der Waals surface area contributed by atoms with Crippen LogP contribution in [0.15, 0.2) is 66.9 Å². The monoisotopic (exact) mass is 457 g/mol. The third-order valence-electron chi connectivity index (χ3n) is 7.11. The van der Waals surface area contributed by atoms with Gasteiger partial charge in [0.2, 0.25) is 0 Å². The van der Waals surface area contributed by atoms with Crippen molar-refractivity contribution >= 4 is 11.9 Å². The SMILES string of the molecule is CCCN1C(=O)N(Cc2ccccc2)C(=O)C12CCN(Cc1cn[nH]c1-c1ccccc1)CC2. The number of likely N-dealkylation sites (tertiary alicyclic amines) is 1. The first-order valence-corrected chi connectivity index (χ1v) is 12.1. The zero-order valence-electron chi connectivity index (χ0n) is 19.6. The van der Waals surface area contributed by atoms with Crippen LogP contribution >= 0.6 is 0 Å². The molecular formula is C27H31N5O2. The Kier molecular flexibility index (Phi) is 6.20. The van der Waals surface area contributed by atoms with Crippen molar-refractivity contribution in [1.82, 2.24) is 24.9 Å². The van der Waals surface area contributed by atoms with Crippen molar-refractivity contribution in [2.45, 2.75) is 44.8 Å². The molecule has 0 unspecified atom stereocenters. The molecule has 3 aromatic rings. The van der Waals surface area contributed by atoms with Gasteiger partial charge in [-0.3, -0.25) is 19.7 Å². The lowest BCUT2D eigenvalue weighted by atomic mass is 9.85. The van der Waals surface area contributed by atoms with E-state index in [-0.39, 0.29) is 11.9 Å². The summed E-state index contributed by atoms with van der Waals surface area (Å²) >= 11 is 0. The fourth-order valence-corrected chi connectivity index (χ4v) is 5.31. The van der Waals surface area contributed by atoms with Crippen LogP contribution < -0.4 is 0 Å². The predicted molar refractivity (Wildman–Crippen MR) is 131 cm³/mol. The third kappa shape index (κ3) is 4.01. The maximum Gasteiger partial charge on any atom is 0.327 e. The van der Waals surface area contributed by atoms with Crippen LogP contribution in [-0.2, 0) is 17.9 Å². The quantitative estimate of drug-likeness (QED) is 0.538. The molecular weight excluding hydrogens is 426 g/mol. The van der Waals surface area contributed by atoms with Gasteiger partial charge in [0.15, 0.2) is 0 Å². The van der Waals surface area contributed by atoms with Crippen molar-refractivity contribution in [3.8, 4) is 11.3 Å². The maximum absolute atomic E-state index is 13.7. The van der Waals surface area contributed by atoms with Crippen LogP contribution in [0.3, 0.4) is 0 Å². The Morgan fingerprint density at radius 2 is 1.62 bits per heavy atom. The van der Waals surface area contributed by atoms with Gasteiger partial charge in [0.05, 0.1) is 18.4 Å². The average Bonchev–Trinajstić information content (AvgIpc) is 3.41. The van der Waals surface area contributed by atoms with E-state index >= 15 is 0 Å². The summed E-state index contributed by atoms with van der Waals surface area (Å²) in [5, 5.41) is 7.41. The van der Waals surface area contributed by atoms with Crippen molar-refractivity contribution in [3.05, 3.63) is 78.0 Å². The first-order chi connectivity index (χ1) is 16.6. The second-order valence-electron chi connectivity index (χ2n) is 9.26. The summed E-state index contributed by atoms with van der Waals surface area (Å²) < 4.78 is 0. The number of hydrogen-bond acceptors (Lipinski definition) is 4. The molecule has 7 nitrogen and oxygen atoms in total. The summed E-state index contributed by atoms with van der Waals surface area (Å²) in [5.74, 6) is -0.0391. The van der Waals surface area contributed by atoms with Crippen molar-refractivity contribution in [3.63, 3.8) is 0 Å². The van der Waals surface area contributed by atoms with E-state index in [2.05, 4.69) is 34.2 Å². The topological polar surface area (TPSA) is 72.5 Å². The second-order valence-corrected chi connectivity index (χ2v) is 9.26. The number of nitrogens with one attached hydrogen (secondary N) is 1. The zero-order chi connectivity index (χ0) is 23.5. The van der Waals surface area contributed by atoms with E-state index in [0.29, 0.717) is 25.9 Å². The van der Waals surface area contributed by atoms with E-state index in [1.54, 1.807) is 0 Å². The van der Waals surface area contributed by atoms with Gasteiger partial charge in [-0.05, 0) is 30.4 Å². The number of carbonyl (C=O) groups excluding carboxylic acids is 2. The van der Waals surface area contributed by atoms with Gasteiger partial charge in [0.25, 0.3) is 5.91 Å². The maximum atomic E-state index is 13.7. The van der Waals surface area contributed by atoms with Gasteiger partial charge >= 0.3 is 6.03 Å². The van der Waals surface area contributed by atoms with Gasteiger partial charge in [-0.15, -0.1) is 0 Å². The van der Waals surface area contributed by atoms with E-state index in [0.717, 1.165) is 48.4 Å². The summed E-state index contributed by atoms with van der Waals surface area (Å²) in [5.41, 5.74) is 3.55. The minimum atomic E-state index is -0.725. The average molecular weight is 458 g/mol. The van der Waals surface area contributed by atoms with E-state index in [1.807, 2.05) is 59.6 Å². The Morgan fingerprint density at radius 1 is 0.941 bits per heavy atom. The molecule has 1 aromatic heterocycles. The summed E-state index contributed by atoms with van der Waals surface area (Å²) in [6.07, 6.45) is 4.03. The second kappa shape index (κ2) is 9.43. The van der Waals surface area contributed by atoms with Crippen LogP contribution in [0.5, 0.6) is 0 Å². The number of piperidine rings is 1. The molecule has 7 heteroatoms. The van der Waals surface area contributed by atoms with Gasteiger partial charge in [0, 0.05) is 31.7 Å². The molecule has 0 aliphatic carbocycles. The predicted octanol–water partition coefficient (Wildman–Crippen LogP) is 4.29. The lowest BCUT2D eigenvalue weighted by Crippen LogP contribution is -2.56. The summed E-state index contributed by atoms with van der Waals surface area (Å²) in [6.45, 7) is 5.29. The normalized spacial score (nSPS) is 18.3. The zero-order valence-corrected chi connectivity index (χ0v) is 19.6. The molecule has 1 N–H and O–H groups in total. The summed E-state index contributed by atoms with van der Waals surface area (Å²) in [6, 6.07) is 19.8. The van der Waals surface area contributed by atoms with Gasteiger partial charge in [-0.1, -0.05) is 67.6 Å². The number of imide groups is 1. The van der Waals surface area contributed by atoms with Crippen LogP contribution in [0, 0.1) is 0 Å². The number of aromatic amines is 1. The van der Waals surface area contributed by atoms with E-state index in [4.69, 9.17) is 0 Å².